The third-order valence-electron chi connectivity index (χ3n) is 5.14. The highest BCUT2D eigenvalue weighted by molar-refractivity contribution is 5.78. The summed E-state index contributed by atoms with van der Waals surface area (Å²) in [7, 11) is 0. The number of carbonyl (C=O) groups excluding carboxylic acids is 1. The molecule has 27 heavy (non-hydrogen) atoms. The second-order valence-corrected chi connectivity index (χ2v) is 7.31. The largest absolute Gasteiger partial charge is 0.493 e. The smallest absolute Gasteiger partial charge is 0.227 e. The first kappa shape index (κ1) is 19.4. The van der Waals surface area contributed by atoms with Crippen LogP contribution in [0.4, 0.5) is 4.39 Å². The average Bonchev–Trinajstić information content (AvgIpc) is 3.14. The molecule has 0 aliphatic carbocycles. The van der Waals surface area contributed by atoms with Crippen LogP contribution in [-0.4, -0.2) is 40.1 Å². The van der Waals surface area contributed by atoms with Crippen molar-refractivity contribution in [3.05, 3.63) is 48.3 Å². The lowest BCUT2D eigenvalue weighted by Crippen LogP contribution is -2.44. The third kappa shape index (κ3) is 5.08. The van der Waals surface area contributed by atoms with Gasteiger partial charge in [0.25, 0.3) is 0 Å². The number of likely N-dealkylation sites (tertiary alicyclic amines) is 1. The van der Waals surface area contributed by atoms with Gasteiger partial charge in [0, 0.05) is 44.4 Å². The predicted octanol–water partition coefficient (Wildman–Crippen LogP) is 3.54. The van der Waals surface area contributed by atoms with E-state index in [2.05, 4.69) is 16.5 Å². The van der Waals surface area contributed by atoms with Crippen LogP contribution in [0.5, 0.6) is 5.75 Å². The Balaban J connectivity index is 1.51. The molecule has 1 aliphatic heterocycles. The number of halogens is 1. The van der Waals surface area contributed by atoms with Gasteiger partial charge < -0.3 is 14.2 Å². The molecule has 0 N–H and O–H groups in total. The van der Waals surface area contributed by atoms with E-state index in [1.807, 2.05) is 18.0 Å². The summed E-state index contributed by atoms with van der Waals surface area (Å²) < 4.78 is 20.8. The first-order chi connectivity index (χ1) is 13.1. The Bertz CT molecular complexity index is 744. The maximum absolute atomic E-state index is 13.0. The number of piperidine rings is 1. The minimum atomic E-state index is -0.269. The molecule has 2 aromatic rings. The molecule has 5 nitrogen and oxygen atoms in total. The zero-order valence-corrected chi connectivity index (χ0v) is 16.1. The van der Waals surface area contributed by atoms with Gasteiger partial charge in [-0.15, -0.1) is 0 Å². The number of hydrogen-bond donors (Lipinski definition) is 0. The van der Waals surface area contributed by atoms with Gasteiger partial charge >= 0.3 is 0 Å². The molecule has 1 aromatic heterocycles. The van der Waals surface area contributed by atoms with E-state index in [1.165, 1.54) is 12.1 Å². The summed E-state index contributed by atoms with van der Waals surface area (Å²) in [5.74, 6) is 1.83. The number of ether oxygens (including phenoxy) is 1. The molecule has 2 unspecified atom stereocenters. The van der Waals surface area contributed by atoms with Crippen molar-refractivity contribution in [2.45, 2.75) is 39.7 Å². The van der Waals surface area contributed by atoms with E-state index in [4.69, 9.17) is 4.74 Å². The monoisotopic (exact) mass is 373 g/mol. The fraction of sp³-hybridized carbons (Fsp3) is 0.524. The highest BCUT2D eigenvalue weighted by Crippen LogP contribution is 2.21. The average molecular weight is 373 g/mol. The number of hydrogen-bond acceptors (Lipinski definition) is 3. The van der Waals surface area contributed by atoms with Gasteiger partial charge in [-0.25, -0.2) is 9.37 Å². The summed E-state index contributed by atoms with van der Waals surface area (Å²) in [5.41, 5.74) is 0. The molecule has 1 amide bonds. The summed E-state index contributed by atoms with van der Waals surface area (Å²) in [4.78, 5) is 19.2. The topological polar surface area (TPSA) is 47.4 Å². The second-order valence-electron chi connectivity index (χ2n) is 7.31. The van der Waals surface area contributed by atoms with Crippen LogP contribution in [-0.2, 0) is 17.8 Å². The molecule has 0 radical (unpaired) electrons. The van der Waals surface area contributed by atoms with Gasteiger partial charge in [0.2, 0.25) is 5.91 Å². The molecule has 1 aliphatic rings. The maximum Gasteiger partial charge on any atom is 0.227 e. The van der Waals surface area contributed by atoms with Crippen LogP contribution < -0.4 is 4.74 Å². The Morgan fingerprint density at radius 1 is 1.37 bits per heavy atom. The number of aryl methyl sites for hydroxylation is 1. The van der Waals surface area contributed by atoms with Crippen molar-refractivity contribution in [3.8, 4) is 5.75 Å². The van der Waals surface area contributed by atoms with Crippen LogP contribution in [0.15, 0.2) is 36.7 Å². The van der Waals surface area contributed by atoms with Gasteiger partial charge in [0.1, 0.15) is 17.4 Å². The van der Waals surface area contributed by atoms with Crippen LogP contribution in [0.2, 0.25) is 0 Å². The summed E-state index contributed by atoms with van der Waals surface area (Å²) in [5, 5.41) is 0. The number of imidazole rings is 1. The molecule has 146 valence electrons. The van der Waals surface area contributed by atoms with Crippen LogP contribution in [0.25, 0.3) is 0 Å². The van der Waals surface area contributed by atoms with Crippen molar-refractivity contribution < 1.29 is 13.9 Å². The van der Waals surface area contributed by atoms with Crippen LogP contribution in [0.3, 0.4) is 0 Å². The minimum Gasteiger partial charge on any atom is -0.493 e. The predicted molar refractivity (Wildman–Crippen MR) is 102 cm³/mol. The van der Waals surface area contributed by atoms with Crippen molar-refractivity contribution in [3.63, 3.8) is 0 Å². The Morgan fingerprint density at radius 2 is 2.15 bits per heavy atom. The Morgan fingerprint density at radius 3 is 2.89 bits per heavy atom. The minimum absolute atomic E-state index is 0.0822. The maximum atomic E-state index is 13.0. The Hall–Kier alpha value is -2.37. The number of rotatable bonds is 7. The molecule has 1 saturated heterocycles. The van der Waals surface area contributed by atoms with Gasteiger partial charge in [-0.3, -0.25) is 4.79 Å². The number of carbonyl (C=O) groups is 1. The van der Waals surface area contributed by atoms with Crippen molar-refractivity contribution >= 4 is 5.91 Å². The quantitative estimate of drug-likeness (QED) is 0.746. The van der Waals surface area contributed by atoms with E-state index in [9.17, 15) is 9.18 Å². The van der Waals surface area contributed by atoms with Gasteiger partial charge in [0.15, 0.2) is 0 Å². The van der Waals surface area contributed by atoms with Gasteiger partial charge in [0.05, 0.1) is 12.5 Å². The lowest BCUT2D eigenvalue weighted by Gasteiger charge is -2.34. The zero-order valence-electron chi connectivity index (χ0n) is 16.1. The van der Waals surface area contributed by atoms with Crippen molar-refractivity contribution in [2.75, 3.05) is 19.7 Å². The molecule has 0 bridgehead atoms. The summed E-state index contributed by atoms with van der Waals surface area (Å²) >= 11 is 0. The fourth-order valence-corrected chi connectivity index (χ4v) is 3.65. The summed E-state index contributed by atoms with van der Waals surface area (Å²) in [6.07, 6.45) is 6.63. The van der Waals surface area contributed by atoms with E-state index in [0.717, 1.165) is 38.2 Å². The van der Waals surface area contributed by atoms with Gasteiger partial charge in [-0.2, -0.15) is 0 Å². The molecule has 2 heterocycles. The van der Waals surface area contributed by atoms with Crippen molar-refractivity contribution in [1.82, 2.24) is 14.5 Å². The van der Waals surface area contributed by atoms with Crippen LogP contribution in [0.1, 0.15) is 32.5 Å². The number of amides is 1. The van der Waals surface area contributed by atoms with E-state index in [0.29, 0.717) is 24.8 Å². The van der Waals surface area contributed by atoms with Crippen LogP contribution in [0, 0.1) is 17.7 Å². The molecular weight excluding hydrogens is 345 g/mol. The van der Waals surface area contributed by atoms with E-state index in [1.54, 1.807) is 18.3 Å². The molecule has 6 heteroatoms. The molecule has 1 aromatic carbocycles. The van der Waals surface area contributed by atoms with E-state index >= 15 is 0 Å². The van der Waals surface area contributed by atoms with Crippen molar-refractivity contribution in [1.29, 1.82) is 0 Å². The van der Waals surface area contributed by atoms with Crippen molar-refractivity contribution in [2.24, 2.45) is 11.8 Å². The number of aromatic nitrogens is 2. The lowest BCUT2D eigenvalue weighted by atomic mass is 9.97. The Labute approximate surface area is 160 Å². The lowest BCUT2D eigenvalue weighted by molar-refractivity contribution is -0.137. The third-order valence-corrected chi connectivity index (χ3v) is 5.14. The normalized spacial score (nSPS) is 18.3. The number of nitrogens with zero attached hydrogens (tertiary/aromatic N) is 3. The fourth-order valence-electron chi connectivity index (χ4n) is 3.65. The van der Waals surface area contributed by atoms with Crippen LogP contribution >= 0.6 is 0 Å². The Kier molecular flexibility index (Phi) is 6.48. The first-order valence-electron chi connectivity index (χ1n) is 9.74. The SMILES string of the molecule is CCc1nccn1CC(C)C(=O)N1CCCC(COc2ccc(F)cc2)C1. The zero-order chi connectivity index (χ0) is 19.2. The highest BCUT2D eigenvalue weighted by atomic mass is 19.1. The van der Waals surface area contributed by atoms with E-state index in [-0.39, 0.29) is 17.6 Å². The molecule has 0 spiro atoms. The summed E-state index contributed by atoms with van der Waals surface area (Å²) in [6, 6.07) is 6.07. The molecule has 1 fully saturated rings. The highest BCUT2D eigenvalue weighted by Gasteiger charge is 2.27. The number of benzene rings is 1. The molecule has 3 rings (SSSR count). The van der Waals surface area contributed by atoms with Gasteiger partial charge in [-0.1, -0.05) is 13.8 Å². The van der Waals surface area contributed by atoms with Gasteiger partial charge in [-0.05, 0) is 37.1 Å². The standard InChI is InChI=1S/C21H28FN3O2/c1-3-20-23-10-12-24(20)13-16(2)21(26)25-11-4-5-17(14-25)15-27-19-8-6-18(22)7-9-19/h6-10,12,16-17H,3-5,11,13-15H2,1-2H3. The second kappa shape index (κ2) is 9.02. The molecule has 0 saturated carbocycles. The van der Waals surface area contributed by atoms with E-state index < -0.39 is 0 Å². The molecular formula is C21H28FN3O2. The summed E-state index contributed by atoms with van der Waals surface area (Å²) in [6.45, 7) is 6.79. The first-order valence-corrected chi connectivity index (χ1v) is 9.74. The molecule has 2 atom stereocenters.